The summed E-state index contributed by atoms with van der Waals surface area (Å²) in [6.07, 6.45) is 4.06. The van der Waals surface area contributed by atoms with Gasteiger partial charge >= 0.3 is 0 Å². The Morgan fingerprint density at radius 3 is 2.50 bits per heavy atom. The topological polar surface area (TPSA) is 42.0 Å². The van der Waals surface area contributed by atoms with Crippen LogP contribution in [0.15, 0.2) is 54.9 Å². The molecule has 0 unspecified atom stereocenters. The molecule has 3 nitrogen and oxygen atoms in total. The van der Waals surface area contributed by atoms with Crippen LogP contribution in [0.5, 0.6) is 0 Å². The molecule has 2 aromatic rings. The smallest absolute Gasteiger partial charge is 0.164 e. The van der Waals surface area contributed by atoms with Crippen LogP contribution in [0.3, 0.4) is 0 Å². The van der Waals surface area contributed by atoms with Gasteiger partial charge in [-0.2, -0.15) is 0 Å². The molecule has 0 fully saturated rings. The number of Topliss-reactive ketones (excluding diaryl/α,β-unsaturated/α-hetero) is 1. The van der Waals surface area contributed by atoms with Gasteiger partial charge in [-0.05, 0) is 17.7 Å². The number of nitrogens with zero attached hydrogens (tertiary/aromatic N) is 1. The quantitative estimate of drug-likeness (QED) is 0.623. The summed E-state index contributed by atoms with van der Waals surface area (Å²) < 4.78 is 0. The van der Waals surface area contributed by atoms with Gasteiger partial charge in [0.25, 0.3) is 0 Å². The Balaban J connectivity index is 1.72. The van der Waals surface area contributed by atoms with E-state index in [0.29, 0.717) is 13.0 Å². The number of nitrogens with one attached hydrogen (secondary N) is 1. The minimum Gasteiger partial charge on any atom is -0.312 e. The van der Waals surface area contributed by atoms with Gasteiger partial charge in [0.15, 0.2) is 5.78 Å². The van der Waals surface area contributed by atoms with Gasteiger partial charge in [-0.25, -0.2) is 0 Å². The van der Waals surface area contributed by atoms with Crippen molar-refractivity contribution in [1.29, 1.82) is 0 Å². The van der Waals surface area contributed by atoms with E-state index in [1.807, 2.05) is 42.5 Å². The highest BCUT2D eigenvalue weighted by Crippen LogP contribution is 2.02. The second-order valence-corrected chi connectivity index (χ2v) is 4.07. The summed E-state index contributed by atoms with van der Waals surface area (Å²) in [6.45, 7) is 1.46. The zero-order valence-electron chi connectivity index (χ0n) is 10.2. The Bertz CT molecular complexity index is 482. The summed E-state index contributed by atoms with van der Waals surface area (Å²) >= 11 is 0. The van der Waals surface area contributed by atoms with Crippen molar-refractivity contribution >= 4 is 5.78 Å². The fourth-order valence-electron chi connectivity index (χ4n) is 1.70. The van der Waals surface area contributed by atoms with Crippen molar-refractivity contribution in [2.24, 2.45) is 0 Å². The van der Waals surface area contributed by atoms with Gasteiger partial charge in [-0.15, -0.1) is 0 Å². The normalized spacial score (nSPS) is 10.2. The van der Waals surface area contributed by atoms with Gasteiger partial charge < -0.3 is 5.32 Å². The highest BCUT2D eigenvalue weighted by molar-refractivity contribution is 5.96. The van der Waals surface area contributed by atoms with Crippen molar-refractivity contribution in [3.63, 3.8) is 0 Å². The van der Waals surface area contributed by atoms with E-state index in [1.54, 1.807) is 12.4 Å². The third-order valence-electron chi connectivity index (χ3n) is 2.70. The van der Waals surface area contributed by atoms with Crippen molar-refractivity contribution in [3.05, 3.63) is 66.0 Å². The molecule has 1 heterocycles. The van der Waals surface area contributed by atoms with Crippen LogP contribution in [-0.2, 0) is 6.54 Å². The van der Waals surface area contributed by atoms with E-state index in [2.05, 4.69) is 10.3 Å². The van der Waals surface area contributed by atoms with Gasteiger partial charge in [-0.3, -0.25) is 9.78 Å². The molecular formula is C15H16N2O. The van der Waals surface area contributed by atoms with Gasteiger partial charge in [-0.1, -0.05) is 30.3 Å². The lowest BCUT2D eigenvalue weighted by atomic mass is 10.1. The third kappa shape index (κ3) is 3.79. The van der Waals surface area contributed by atoms with E-state index >= 15 is 0 Å². The molecule has 1 N–H and O–H groups in total. The van der Waals surface area contributed by atoms with E-state index in [0.717, 1.165) is 12.1 Å². The van der Waals surface area contributed by atoms with Crippen molar-refractivity contribution in [2.75, 3.05) is 6.54 Å². The number of benzene rings is 1. The summed E-state index contributed by atoms with van der Waals surface area (Å²) in [4.78, 5) is 15.8. The molecule has 0 spiro atoms. The Morgan fingerprint density at radius 2 is 1.78 bits per heavy atom. The Morgan fingerprint density at radius 1 is 1.06 bits per heavy atom. The molecule has 0 aliphatic rings. The lowest BCUT2D eigenvalue weighted by Gasteiger charge is -2.04. The number of aromatic nitrogens is 1. The molecule has 18 heavy (non-hydrogen) atoms. The average molecular weight is 240 g/mol. The molecule has 0 radical (unpaired) electrons. The molecule has 1 aromatic carbocycles. The summed E-state index contributed by atoms with van der Waals surface area (Å²) in [5, 5.41) is 3.25. The number of hydrogen-bond acceptors (Lipinski definition) is 3. The monoisotopic (exact) mass is 240 g/mol. The lowest BCUT2D eigenvalue weighted by Crippen LogP contribution is -2.17. The summed E-state index contributed by atoms with van der Waals surface area (Å²) in [6, 6.07) is 13.3. The molecule has 0 aliphatic carbocycles. The van der Waals surface area contributed by atoms with Gasteiger partial charge in [0.2, 0.25) is 0 Å². The number of pyridine rings is 1. The van der Waals surface area contributed by atoms with E-state index in [-0.39, 0.29) is 5.78 Å². The van der Waals surface area contributed by atoms with Crippen LogP contribution in [0.25, 0.3) is 0 Å². The van der Waals surface area contributed by atoms with Crippen molar-refractivity contribution in [1.82, 2.24) is 10.3 Å². The van der Waals surface area contributed by atoms with E-state index in [9.17, 15) is 4.79 Å². The Kier molecular flexibility index (Phi) is 4.61. The SMILES string of the molecule is O=C(CCNCc1ccncc1)c1ccccc1. The van der Waals surface area contributed by atoms with Crippen LogP contribution < -0.4 is 5.32 Å². The Hall–Kier alpha value is -2.00. The first-order valence-electron chi connectivity index (χ1n) is 6.04. The van der Waals surface area contributed by atoms with Gasteiger partial charge in [0.05, 0.1) is 0 Å². The third-order valence-corrected chi connectivity index (χ3v) is 2.70. The first-order valence-corrected chi connectivity index (χ1v) is 6.04. The van der Waals surface area contributed by atoms with Crippen LogP contribution in [0.1, 0.15) is 22.3 Å². The molecule has 2 rings (SSSR count). The second-order valence-electron chi connectivity index (χ2n) is 4.07. The molecule has 0 amide bonds. The van der Waals surface area contributed by atoms with Crippen LogP contribution >= 0.6 is 0 Å². The first kappa shape index (κ1) is 12.5. The maximum Gasteiger partial charge on any atom is 0.164 e. The fraction of sp³-hybridized carbons (Fsp3) is 0.200. The number of rotatable bonds is 6. The van der Waals surface area contributed by atoms with Crippen molar-refractivity contribution < 1.29 is 4.79 Å². The average Bonchev–Trinajstić information content (AvgIpc) is 2.45. The van der Waals surface area contributed by atoms with Crippen LogP contribution in [0, 0.1) is 0 Å². The van der Waals surface area contributed by atoms with Gasteiger partial charge in [0, 0.05) is 37.5 Å². The summed E-state index contributed by atoms with van der Waals surface area (Å²) in [7, 11) is 0. The van der Waals surface area contributed by atoms with Crippen molar-refractivity contribution in [3.8, 4) is 0 Å². The molecule has 3 heteroatoms. The number of carbonyl (C=O) groups excluding carboxylic acids is 1. The Labute approximate surface area is 107 Å². The largest absolute Gasteiger partial charge is 0.312 e. The number of carbonyl (C=O) groups is 1. The molecule has 0 saturated heterocycles. The standard InChI is InChI=1S/C15H16N2O/c18-15(14-4-2-1-3-5-14)8-11-17-12-13-6-9-16-10-7-13/h1-7,9-10,17H,8,11-12H2. The second kappa shape index (κ2) is 6.67. The number of ketones is 1. The molecule has 0 aliphatic heterocycles. The first-order chi connectivity index (χ1) is 8.86. The lowest BCUT2D eigenvalue weighted by molar-refractivity contribution is 0.0982. The van der Waals surface area contributed by atoms with E-state index in [1.165, 1.54) is 5.56 Å². The molecule has 0 saturated carbocycles. The zero-order valence-corrected chi connectivity index (χ0v) is 10.2. The van der Waals surface area contributed by atoms with E-state index in [4.69, 9.17) is 0 Å². The minimum atomic E-state index is 0.179. The molecule has 0 bridgehead atoms. The zero-order chi connectivity index (χ0) is 12.6. The predicted octanol–water partition coefficient (Wildman–Crippen LogP) is 2.44. The maximum atomic E-state index is 11.8. The van der Waals surface area contributed by atoms with Crippen molar-refractivity contribution in [2.45, 2.75) is 13.0 Å². The molecule has 1 aromatic heterocycles. The molecule has 0 atom stereocenters. The minimum absolute atomic E-state index is 0.179. The molecular weight excluding hydrogens is 224 g/mol. The van der Waals surface area contributed by atoms with E-state index < -0.39 is 0 Å². The van der Waals surface area contributed by atoms with Crippen LogP contribution in [0.2, 0.25) is 0 Å². The summed E-state index contributed by atoms with van der Waals surface area (Å²) in [5.41, 5.74) is 1.96. The van der Waals surface area contributed by atoms with Crippen LogP contribution in [-0.4, -0.2) is 17.3 Å². The fourth-order valence-corrected chi connectivity index (χ4v) is 1.70. The highest BCUT2D eigenvalue weighted by Gasteiger charge is 2.03. The molecule has 92 valence electrons. The van der Waals surface area contributed by atoms with Crippen LogP contribution in [0.4, 0.5) is 0 Å². The maximum absolute atomic E-state index is 11.8. The highest BCUT2D eigenvalue weighted by atomic mass is 16.1. The number of hydrogen-bond donors (Lipinski definition) is 1. The predicted molar refractivity (Wildman–Crippen MR) is 71.3 cm³/mol. The summed E-state index contributed by atoms with van der Waals surface area (Å²) in [5.74, 6) is 0.179. The van der Waals surface area contributed by atoms with Gasteiger partial charge in [0.1, 0.15) is 0 Å².